The van der Waals surface area contributed by atoms with Gasteiger partial charge in [0.25, 0.3) is 0 Å². The quantitative estimate of drug-likeness (QED) is 0.817. The molecular weight excluding hydrogens is 244 g/mol. The van der Waals surface area contributed by atoms with Gasteiger partial charge in [0.05, 0.1) is 11.4 Å². The second-order valence-electron chi connectivity index (χ2n) is 3.55. The van der Waals surface area contributed by atoms with E-state index in [1.165, 1.54) is 4.31 Å². The van der Waals surface area contributed by atoms with E-state index in [1.807, 2.05) is 6.07 Å². The van der Waals surface area contributed by atoms with Crippen LogP contribution >= 0.6 is 11.8 Å². The van der Waals surface area contributed by atoms with E-state index in [0.29, 0.717) is 12.2 Å². The Morgan fingerprint density at radius 2 is 2.25 bits per heavy atom. The van der Waals surface area contributed by atoms with Crippen LogP contribution in [0.5, 0.6) is 0 Å². The highest BCUT2D eigenvalue weighted by Crippen LogP contribution is 2.37. The predicted molar refractivity (Wildman–Crippen MR) is 68.4 cm³/mol. The van der Waals surface area contributed by atoms with Gasteiger partial charge in [-0.05, 0) is 25.1 Å². The smallest absolute Gasteiger partial charge is 0.234 e. The molecule has 0 amide bonds. The lowest BCUT2D eigenvalue weighted by Gasteiger charge is -2.29. The molecule has 0 atom stereocenters. The maximum atomic E-state index is 11.9. The van der Waals surface area contributed by atoms with Crippen LogP contribution in [-0.4, -0.2) is 26.5 Å². The van der Waals surface area contributed by atoms with Crippen molar-refractivity contribution in [3.63, 3.8) is 0 Å². The molecule has 0 saturated carbocycles. The molecule has 0 bridgehead atoms. The fraction of sp³-hybridized carbons (Fsp3) is 0.400. The highest BCUT2D eigenvalue weighted by Gasteiger charge is 2.26. The second-order valence-corrected chi connectivity index (χ2v) is 6.87. The number of hydrogen-bond donors (Lipinski definition) is 1. The zero-order valence-electron chi connectivity index (χ0n) is 9.01. The van der Waals surface area contributed by atoms with Crippen molar-refractivity contribution in [1.29, 1.82) is 0 Å². The Morgan fingerprint density at radius 1 is 1.50 bits per heavy atom. The largest absolute Gasteiger partial charge is 0.399 e. The van der Waals surface area contributed by atoms with Gasteiger partial charge in [0.15, 0.2) is 0 Å². The average molecular weight is 258 g/mol. The molecule has 0 spiro atoms. The molecule has 1 aromatic rings. The van der Waals surface area contributed by atoms with Gasteiger partial charge in [-0.15, -0.1) is 11.8 Å². The van der Waals surface area contributed by atoms with Crippen LogP contribution in [0.25, 0.3) is 0 Å². The Labute approximate surface area is 99.9 Å². The number of thioether (sulfide) groups is 1. The summed E-state index contributed by atoms with van der Waals surface area (Å²) in [6, 6.07) is 5.41. The van der Waals surface area contributed by atoms with Crippen molar-refractivity contribution in [3.05, 3.63) is 18.2 Å². The Morgan fingerprint density at radius 3 is 2.94 bits per heavy atom. The zero-order chi connectivity index (χ0) is 11.8. The molecule has 0 radical (unpaired) electrons. The zero-order valence-corrected chi connectivity index (χ0v) is 10.6. The van der Waals surface area contributed by atoms with E-state index in [4.69, 9.17) is 5.73 Å². The molecule has 1 aliphatic heterocycles. The number of sulfonamides is 1. The van der Waals surface area contributed by atoms with Gasteiger partial charge in [-0.25, -0.2) is 8.42 Å². The maximum absolute atomic E-state index is 11.9. The van der Waals surface area contributed by atoms with Crippen molar-refractivity contribution < 1.29 is 8.42 Å². The fourth-order valence-corrected chi connectivity index (χ4v) is 3.94. The topological polar surface area (TPSA) is 63.4 Å². The first kappa shape index (κ1) is 11.6. The summed E-state index contributed by atoms with van der Waals surface area (Å²) < 4.78 is 25.3. The molecule has 0 aliphatic carbocycles. The van der Waals surface area contributed by atoms with Crippen LogP contribution in [0.15, 0.2) is 23.1 Å². The number of nitrogens with two attached hydrogens (primary N) is 1. The lowest BCUT2D eigenvalue weighted by atomic mass is 10.3. The molecule has 4 nitrogen and oxygen atoms in total. The lowest BCUT2D eigenvalue weighted by Crippen LogP contribution is -2.36. The van der Waals surface area contributed by atoms with Crippen LogP contribution in [0.1, 0.15) is 6.92 Å². The van der Waals surface area contributed by atoms with Crippen LogP contribution in [0.4, 0.5) is 11.4 Å². The molecule has 1 aliphatic rings. The number of rotatable bonds is 2. The summed E-state index contributed by atoms with van der Waals surface area (Å²) in [5, 5.41) is 0. The molecule has 1 heterocycles. The van der Waals surface area contributed by atoms with Gasteiger partial charge in [0.1, 0.15) is 0 Å². The third kappa shape index (κ3) is 1.99. The van der Waals surface area contributed by atoms with E-state index in [-0.39, 0.29) is 5.75 Å². The maximum Gasteiger partial charge on any atom is 0.234 e. The van der Waals surface area contributed by atoms with Crippen molar-refractivity contribution >= 4 is 33.2 Å². The predicted octanol–water partition coefficient (Wildman–Crippen LogP) is 1.53. The third-order valence-corrected chi connectivity index (χ3v) is 5.33. The van der Waals surface area contributed by atoms with Crippen molar-refractivity contribution in [2.45, 2.75) is 11.8 Å². The third-order valence-electron chi connectivity index (χ3n) is 2.50. The molecule has 0 aromatic heterocycles. The van der Waals surface area contributed by atoms with E-state index < -0.39 is 10.0 Å². The first-order valence-corrected chi connectivity index (χ1v) is 7.67. The summed E-state index contributed by atoms with van der Waals surface area (Å²) >= 11 is 1.67. The van der Waals surface area contributed by atoms with Crippen LogP contribution in [0.3, 0.4) is 0 Å². The molecule has 1 aromatic carbocycles. The molecule has 88 valence electrons. The minimum atomic E-state index is -3.19. The normalized spacial score (nSPS) is 15.9. The van der Waals surface area contributed by atoms with Gasteiger partial charge < -0.3 is 5.73 Å². The molecule has 0 unspecified atom stereocenters. The Hall–Kier alpha value is -0.880. The van der Waals surface area contributed by atoms with Gasteiger partial charge in [-0.1, -0.05) is 0 Å². The molecule has 2 rings (SSSR count). The Balaban J connectivity index is 2.51. The summed E-state index contributed by atoms with van der Waals surface area (Å²) in [4.78, 5) is 0.984. The van der Waals surface area contributed by atoms with Crippen LogP contribution < -0.4 is 10.0 Å². The SMILES string of the molecule is CCS(=O)(=O)N1CCSc2ccc(N)cc21. The highest BCUT2D eigenvalue weighted by molar-refractivity contribution is 8.00. The minimum absolute atomic E-state index is 0.117. The molecule has 16 heavy (non-hydrogen) atoms. The summed E-state index contributed by atoms with van der Waals surface area (Å²) in [5.74, 6) is 0.905. The Kier molecular flexibility index (Phi) is 3.03. The molecular formula is C10H14N2O2S2. The average Bonchev–Trinajstić information content (AvgIpc) is 2.28. The van der Waals surface area contributed by atoms with E-state index in [9.17, 15) is 8.42 Å². The number of anilines is 2. The van der Waals surface area contributed by atoms with Crippen molar-refractivity contribution in [2.24, 2.45) is 0 Å². The summed E-state index contributed by atoms with van der Waals surface area (Å²) in [6.07, 6.45) is 0. The first-order valence-electron chi connectivity index (χ1n) is 5.07. The summed E-state index contributed by atoms with van der Waals surface area (Å²) in [7, 11) is -3.19. The fourth-order valence-electron chi connectivity index (χ4n) is 1.66. The highest BCUT2D eigenvalue weighted by atomic mass is 32.2. The van der Waals surface area contributed by atoms with Gasteiger partial charge in [0.2, 0.25) is 10.0 Å². The van der Waals surface area contributed by atoms with Crippen LogP contribution in [0, 0.1) is 0 Å². The summed E-state index contributed by atoms with van der Waals surface area (Å²) in [5.41, 5.74) is 7.01. The number of nitrogen functional groups attached to an aromatic ring is 1. The number of benzene rings is 1. The Bertz CT molecular complexity index is 500. The number of hydrogen-bond acceptors (Lipinski definition) is 4. The van der Waals surface area contributed by atoms with Gasteiger partial charge in [-0.3, -0.25) is 4.31 Å². The van der Waals surface area contributed by atoms with Crippen LogP contribution in [0.2, 0.25) is 0 Å². The van der Waals surface area contributed by atoms with Gasteiger partial charge in [0, 0.05) is 22.9 Å². The van der Waals surface area contributed by atoms with Crippen molar-refractivity contribution in [3.8, 4) is 0 Å². The first-order chi connectivity index (χ1) is 7.54. The number of nitrogens with zero attached hydrogens (tertiary/aromatic N) is 1. The summed E-state index contributed by atoms with van der Waals surface area (Å²) in [6.45, 7) is 2.18. The monoisotopic (exact) mass is 258 g/mol. The van der Waals surface area contributed by atoms with Gasteiger partial charge in [-0.2, -0.15) is 0 Å². The molecule has 0 saturated heterocycles. The van der Waals surface area contributed by atoms with E-state index in [0.717, 1.165) is 16.3 Å². The molecule has 2 N–H and O–H groups in total. The lowest BCUT2D eigenvalue weighted by molar-refractivity contribution is 0.592. The minimum Gasteiger partial charge on any atom is -0.399 e. The van der Waals surface area contributed by atoms with E-state index >= 15 is 0 Å². The van der Waals surface area contributed by atoms with E-state index in [1.54, 1.807) is 30.8 Å². The second kappa shape index (κ2) is 4.18. The van der Waals surface area contributed by atoms with Crippen LogP contribution in [-0.2, 0) is 10.0 Å². The number of fused-ring (bicyclic) bond motifs is 1. The van der Waals surface area contributed by atoms with Gasteiger partial charge >= 0.3 is 0 Å². The van der Waals surface area contributed by atoms with Crippen molar-refractivity contribution in [1.82, 2.24) is 0 Å². The van der Waals surface area contributed by atoms with E-state index in [2.05, 4.69) is 0 Å². The standard InChI is InChI=1S/C10H14N2O2S2/c1-2-16(13,14)12-5-6-15-10-4-3-8(11)7-9(10)12/h3-4,7H,2,5-6,11H2,1H3. The molecule has 6 heteroatoms. The van der Waals surface area contributed by atoms with Crippen molar-refractivity contribution in [2.75, 3.05) is 28.1 Å². The molecule has 0 fully saturated rings.